The van der Waals surface area contributed by atoms with E-state index in [4.69, 9.17) is 10.5 Å². The third-order valence-corrected chi connectivity index (χ3v) is 3.88. The lowest BCUT2D eigenvalue weighted by Crippen LogP contribution is -2.42. The van der Waals surface area contributed by atoms with E-state index >= 15 is 0 Å². The van der Waals surface area contributed by atoms with Gasteiger partial charge in [-0.2, -0.15) is 16.9 Å². The maximum Gasteiger partial charge on any atom is 0.0820 e. The van der Waals surface area contributed by atoms with Crippen molar-refractivity contribution in [3.63, 3.8) is 0 Å². The Morgan fingerprint density at radius 2 is 2.56 bits per heavy atom. The van der Waals surface area contributed by atoms with Crippen LogP contribution >= 0.6 is 11.8 Å². The number of aromatic nitrogens is 2. The molecule has 2 atom stereocenters. The number of thioether (sulfide) groups is 1. The Kier molecular flexibility index (Phi) is 3.89. The van der Waals surface area contributed by atoms with Gasteiger partial charge in [0.25, 0.3) is 0 Å². The molecule has 2 unspecified atom stereocenters. The van der Waals surface area contributed by atoms with Crippen molar-refractivity contribution >= 4 is 11.8 Å². The highest BCUT2D eigenvalue weighted by molar-refractivity contribution is 7.99. The van der Waals surface area contributed by atoms with Crippen LogP contribution in [0.3, 0.4) is 0 Å². The molecule has 0 bridgehead atoms. The van der Waals surface area contributed by atoms with Gasteiger partial charge in [0.05, 0.1) is 18.4 Å². The topological polar surface area (TPSA) is 53.1 Å². The Morgan fingerprint density at radius 1 is 1.75 bits per heavy atom. The molecule has 0 saturated carbocycles. The summed E-state index contributed by atoms with van der Waals surface area (Å²) in [5.41, 5.74) is 8.41. The minimum absolute atomic E-state index is 0.0719. The normalized spacial score (nSPS) is 23.3. The maximum atomic E-state index is 6.18. The highest BCUT2D eigenvalue weighted by Gasteiger charge is 2.22. The SMILES string of the molecule is Cc1cc(CC(N)C2CSCCO2)n(C)n1. The van der Waals surface area contributed by atoms with Crippen LogP contribution in [0.5, 0.6) is 0 Å². The molecule has 5 heteroatoms. The summed E-state index contributed by atoms with van der Waals surface area (Å²) in [6, 6.07) is 2.16. The van der Waals surface area contributed by atoms with Gasteiger partial charge in [0.15, 0.2) is 0 Å². The predicted molar refractivity (Wildman–Crippen MR) is 66.7 cm³/mol. The Hall–Kier alpha value is -0.520. The fraction of sp³-hybridized carbons (Fsp3) is 0.727. The van der Waals surface area contributed by atoms with Gasteiger partial charge in [-0.3, -0.25) is 4.68 Å². The molecule has 16 heavy (non-hydrogen) atoms. The van der Waals surface area contributed by atoms with E-state index in [0.717, 1.165) is 30.2 Å². The highest BCUT2D eigenvalue weighted by Crippen LogP contribution is 2.17. The summed E-state index contributed by atoms with van der Waals surface area (Å²) in [5, 5.41) is 4.32. The van der Waals surface area contributed by atoms with Crippen LogP contribution in [0.4, 0.5) is 0 Å². The molecule has 1 aliphatic rings. The van der Waals surface area contributed by atoms with Crippen LogP contribution in [0.2, 0.25) is 0 Å². The van der Waals surface area contributed by atoms with Crippen LogP contribution in [-0.4, -0.2) is 40.0 Å². The zero-order valence-electron chi connectivity index (χ0n) is 9.85. The number of ether oxygens (including phenoxy) is 1. The van der Waals surface area contributed by atoms with Gasteiger partial charge in [0, 0.05) is 36.7 Å². The summed E-state index contributed by atoms with van der Waals surface area (Å²) in [4.78, 5) is 0. The maximum absolute atomic E-state index is 6.18. The number of aryl methyl sites for hydroxylation is 2. The summed E-state index contributed by atoms with van der Waals surface area (Å²) in [6.45, 7) is 2.83. The van der Waals surface area contributed by atoms with Crippen molar-refractivity contribution in [3.8, 4) is 0 Å². The molecular formula is C11H19N3OS. The van der Waals surface area contributed by atoms with E-state index in [2.05, 4.69) is 11.2 Å². The van der Waals surface area contributed by atoms with Crippen molar-refractivity contribution in [1.29, 1.82) is 0 Å². The van der Waals surface area contributed by atoms with Gasteiger partial charge in [-0.1, -0.05) is 0 Å². The van der Waals surface area contributed by atoms with Crippen LogP contribution in [0.25, 0.3) is 0 Å². The zero-order chi connectivity index (χ0) is 11.5. The molecule has 2 heterocycles. The number of hydrogen-bond acceptors (Lipinski definition) is 4. The second-order valence-corrected chi connectivity index (χ2v) is 5.40. The molecule has 2 N–H and O–H groups in total. The molecule has 0 amide bonds. The Morgan fingerprint density at radius 3 is 3.12 bits per heavy atom. The van der Waals surface area contributed by atoms with Crippen molar-refractivity contribution in [1.82, 2.24) is 9.78 Å². The van der Waals surface area contributed by atoms with Gasteiger partial charge in [-0.05, 0) is 13.0 Å². The van der Waals surface area contributed by atoms with Crippen molar-refractivity contribution < 1.29 is 4.74 Å². The van der Waals surface area contributed by atoms with E-state index in [9.17, 15) is 0 Å². The fourth-order valence-corrected chi connectivity index (χ4v) is 2.94. The molecule has 0 spiro atoms. The third kappa shape index (κ3) is 2.78. The number of hydrogen-bond donors (Lipinski definition) is 1. The van der Waals surface area contributed by atoms with Crippen molar-refractivity contribution in [2.75, 3.05) is 18.1 Å². The molecule has 2 rings (SSSR count). The van der Waals surface area contributed by atoms with E-state index in [1.807, 2.05) is 30.4 Å². The molecule has 1 saturated heterocycles. The van der Waals surface area contributed by atoms with Gasteiger partial charge >= 0.3 is 0 Å². The van der Waals surface area contributed by atoms with E-state index < -0.39 is 0 Å². The molecule has 0 aromatic carbocycles. The predicted octanol–water partition coefficient (Wildman–Crippen LogP) is 0.730. The van der Waals surface area contributed by atoms with E-state index in [0.29, 0.717) is 0 Å². The van der Waals surface area contributed by atoms with Gasteiger partial charge in [-0.15, -0.1) is 0 Å². The average molecular weight is 241 g/mol. The Bertz CT molecular complexity index is 347. The largest absolute Gasteiger partial charge is 0.375 e. The summed E-state index contributed by atoms with van der Waals surface area (Å²) >= 11 is 1.92. The van der Waals surface area contributed by atoms with Crippen molar-refractivity contribution in [2.24, 2.45) is 12.8 Å². The first kappa shape index (κ1) is 12.0. The second-order valence-electron chi connectivity index (χ2n) is 4.25. The van der Waals surface area contributed by atoms with Gasteiger partial charge < -0.3 is 10.5 Å². The Labute approximate surface area is 101 Å². The standard InChI is InChI=1S/C11H19N3OS/c1-8-5-9(14(2)13-8)6-10(12)11-7-16-4-3-15-11/h5,10-11H,3-4,6-7,12H2,1-2H3. The van der Waals surface area contributed by atoms with Gasteiger partial charge in [0.1, 0.15) is 0 Å². The van der Waals surface area contributed by atoms with Crippen LogP contribution in [-0.2, 0) is 18.2 Å². The van der Waals surface area contributed by atoms with E-state index in [-0.39, 0.29) is 12.1 Å². The average Bonchev–Trinajstić information content (AvgIpc) is 2.59. The lowest BCUT2D eigenvalue weighted by atomic mass is 10.1. The van der Waals surface area contributed by atoms with Gasteiger partial charge in [0.2, 0.25) is 0 Å². The van der Waals surface area contributed by atoms with Crippen LogP contribution in [0, 0.1) is 6.92 Å². The molecule has 0 radical (unpaired) electrons. The quantitative estimate of drug-likeness (QED) is 0.847. The van der Waals surface area contributed by atoms with Crippen molar-refractivity contribution in [3.05, 3.63) is 17.5 Å². The summed E-state index contributed by atoms with van der Waals surface area (Å²) in [5.74, 6) is 2.10. The Balaban J connectivity index is 1.95. The molecular weight excluding hydrogens is 222 g/mol. The highest BCUT2D eigenvalue weighted by atomic mass is 32.2. The minimum atomic E-state index is 0.0719. The first-order valence-corrected chi connectivity index (χ1v) is 6.76. The molecule has 4 nitrogen and oxygen atoms in total. The number of rotatable bonds is 3. The lowest BCUT2D eigenvalue weighted by Gasteiger charge is -2.27. The fourth-order valence-electron chi connectivity index (χ4n) is 1.98. The second kappa shape index (κ2) is 5.21. The minimum Gasteiger partial charge on any atom is -0.375 e. The molecule has 1 aromatic rings. The van der Waals surface area contributed by atoms with Crippen LogP contribution in [0.15, 0.2) is 6.07 Å². The molecule has 1 aromatic heterocycles. The molecule has 0 aliphatic carbocycles. The summed E-state index contributed by atoms with van der Waals surface area (Å²) < 4.78 is 7.59. The first-order chi connectivity index (χ1) is 7.66. The molecule has 90 valence electrons. The van der Waals surface area contributed by atoms with Gasteiger partial charge in [-0.25, -0.2) is 0 Å². The smallest absolute Gasteiger partial charge is 0.0820 e. The summed E-state index contributed by atoms with van der Waals surface area (Å²) in [6.07, 6.45) is 1.02. The monoisotopic (exact) mass is 241 g/mol. The van der Waals surface area contributed by atoms with E-state index in [1.165, 1.54) is 5.69 Å². The number of nitrogens with zero attached hydrogens (tertiary/aromatic N) is 2. The van der Waals surface area contributed by atoms with E-state index in [1.54, 1.807) is 0 Å². The summed E-state index contributed by atoms with van der Waals surface area (Å²) in [7, 11) is 1.96. The van der Waals surface area contributed by atoms with Crippen molar-refractivity contribution in [2.45, 2.75) is 25.5 Å². The zero-order valence-corrected chi connectivity index (χ0v) is 10.7. The molecule has 1 aliphatic heterocycles. The van der Waals surface area contributed by atoms with Crippen LogP contribution in [0.1, 0.15) is 11.4 Å². The first-order valence-electron chi connectivity index (χ1n) is 5.61. The lowest BCUT2D eigenvalue weighted by molar-refractivity contribution is 0.0568. The number of nitrogens with two attached hydrogens (primary N) is 1. The molecule has 1 fully saturated rings. The van der Waals surface area contributed by atoms with Crippen LogP contribution < -0.4 is 5.73 Å². The third-order valence-electron chi connectivity index (χ3n) is 2.86.